The minimum atomic E-state index is -0.955. The van der Waals surface area contributed by atoms with Crippen LogP contribution in [0.4, 0.5) is 4.39 Å². The fourth-order valence-corrected chi connectivity index (χ4v) is 2.54. The summed E-state index contributed by atoms with van der Waals surface area (Å²) in [6.45, 7) is 4.20. The Labute approximate surface area is 166 Å². The van der Waals surface area contributed by atoms with Crippen molar-refractivity contribution in [3.63, 3.8) is 0 Å². The van der Waals surface area contributed by atoms with Crippen molar-refractivity contribution in [1.29, 1.82) is 0 Å². The summed E-state index contributed by atoms with van der Waals surface area (Å²) in [5, 5.41) is 6.29. The summed E-state index contributed by atoms with van der Waals surface area (Å²) in [6, 6.07) is 6.36. The lowest BCUT2D eigenvalue weighted by Crippen LogP contribution is -2.45. The summed E-state index contributed by atoms with van der Waals surface area (Å²) >= 11 is 0. The van der Waals surface area contributed by atoms with Gasteiger partial charge in [-0.3, -0.25) is 4.79 Å². The molecule has 1 aromatic carbocycles. The van der Waals surface area contributed by atoms with Crippen molar-refractivity contribution in [2.75, 3.05) is 6.61 Å². The van der Waals surface area contributed by atoms with Gasteiger partial charge in [0.2, 0.25) is 0 Å². The van der Waals surface area contributed by atoms with Crippen LogP contribution in [-0.4, -0.2) is 39.2 Å². The second kappa shape index (κ2) is 9.13. The van der Waals surface area contributed by atoms with Crippen molar-refractivity contribution in [2.45, 2.75) is 26.4 Å². The zero-order chi connectivity index (χ0) is 20.8. The number of hydrogen-bond acceptors (Lipinski definition) is 6. The average Bonchev–Trinajstić information content (AvgIpc) is 3.38. The number of hydrogen-bond donors (Lipinski definition) is 1. The highest BCUT2D eigenvalue weighted by atomic mass is 19.1. The predicted molar refractivity (Wildman–Crippen MR) is 101 cm³/mol. The maximum atomic E-state index is 13.9. The van der Waals surface area contributed by atoms with Gasteiger partial charge in [0.05, 0.1) is 25.0 Å². The molecule has 0 saturated heterocycles. The summed E-state index contributed by atoms with van der Waals surface area (Å²) in [5.41, 5.74) is 0.112. The van der Waals surface area contributed by atoms with Gasteiger partial charge in [-0.2, -0.15) is 0 Å². The van der Waals surface area contributed by atoms with Gasteiger partial charge < -0.3 is 19.1 Å². The molecule has 3 rings (SSSR count). The Morgan fingerprint density at radius 3 is 2.79 bits per heavy atom. The summed E-state index contributed by atoms with van der Waals surface area (Å²) in [7, 11) is 0. The maximum absolute atomic E-state index is 13.9. The van der Waals surface area contributed by atoms with E-state index in [1.165, 1.54) is 24.5 Å². The number of halogens is 1. The Morgan fingerprint density at radius 2 is 2.10 bits per heavy atom. The second-order valence-corrected chi connectivity index (χ2v) is 6.87. The molecule has 1 N–H and O–H groups in total. The fourth-order valence-electron chi connectivity index (χ4n) is 2.54. The summed E-state index contributed by atoms with van der Waals surface area (Å²) in [6.07, 6.45) is 4.76. The smallest absolute Gasteiger partial charge is 0.330 e. The van der Waals surface area contributed by atoms with E-state index in [2.05, 4.69) is 15.5 Å². The number of ether oxygens (including phenoxy) is 1. The Bertz CT molecular complexity index is 969. The van der Waals surface area contributed by atoms with Gasteiger partial charge in [0.1, 0.15) is 11.9 Å². The number of rotatable bonds is 8. The molecular weight excluding hydrogens is 379 g/mol. The van der Waals surface area contributed by atoms with Crippen LogP contribution in [0, 0.1) is 11.7 Å². The Balaban J connectivity index is 1.74. The molecular formula is C20H21FN4O4. The van der Waals surface area contributed by atoms with Crippen LogP contribution < -0.4 is 5.32 Å². The van der Waals surface area contributed by atoms with Gasteiger partial charge in [0.25, 0.3) is 5.91 Å². The first kappa shape index (κ1) is 20.2. The van der Waals surface area contributed by atoms with Gasteiger partial charge in [-0.15, -0.1) is 0 Å². The lowest BCUT2D eigenvalue weighted by Gasteiger charge is -2.18. The third kappa shape index (κ3) is 5.28. The minimum Gasteiger partial charge on any atom is -0.464 e. The van der Waals surface area contributed by atoms with Crippen molar-refractivity contribution in [1.82, 2.24) is 20.0 Å². The highest BCUT2D eigenvalue weighted by molar-refractivity contribution is 5.95. The first-order chi connectivity index (χ1) is 13.9. The largest absolute Gasteiger partial charge is 0.464 e. The zero-order valence-corrected chi connectivity index (χ0v) is 16.0. The average molecular weight is 400 g/mol. The Morgan fingerprint density at radius 1 is 1.31 bits per heavy atom. The normalized spacial score (nSPS) is 12.0. The molecule has 2 heterocycles. The number of amides is 1. The SMILES string of the molecule is CC(C)COC(=O)[C@H](Cn1ccnc1)NC(=O)c1cc(-c2ccccc2F)on1. The van der Waals surface area contributed by atoms with E-state index in [-0.39, 0.29) is 36.1 Å². The molecule has 0 fully saturated rings. The first-order valence-corrected chi connectivity index (χ1v) is 9.09. The van der Waals surface area contributed by atoms with Crippen LogP contribution in [-0.2, 0) is 16.1 Å². The van der Waals surface area contributed by atoms with E-state index in [0.717, 1.165) is 0 Å². The molecule has 0 saturated carbocycles. The molecule has 2 aromatic heterocycles. The number of carbonyl (C=O) groups is 2. The van der Waals surface area contributed by atoms with E-state index in [0.29, 0.717) is 0 Å². The summed E-state index contributed by atoms with van der Waals surface area (Å²) in [5.74, 6) is -1.43. The Kier molecular flexibility index (Phi) is 6.38. The number of nitrogens with zero attached hydrogens (tertiary/aromatic N) is 3. The molecule has 0 bridgehead atoms. The topological polar surface area (TPSA) is 99.2 Å². The van der Waals surface area contributed by atoms with Crippen LogP contribution in [0.5, 0.6) is 0 Å². The van der Waals surface area contributed by atoms with Crippen LogP contribution in [0.15, 0.2) is 53.6 Å². The maximum Gasteiger partial charge on any atom is 0.330 e. The standard InChI is InChI=1S/C20H21FN4O4/c1-13(2)11-28-20(27)17(10-25-8-7-22-12-25)23-19(26)16-9-18(29-24-16)14-5-3-4-6-15(14)21/h3-9,12-13,17H,10-11H2,1-2H3,(H,23,26)/t17-/m0/s1. The van der Waals surface area contributed by atoms with Crippen molar-refractivity contribution in [3.8, 4) is 11.3 Å². The summed E-state index contributed by atoms with van der Waals surface area (Å²) in [4.78, 5) is 29.0. The first-order valence-electron chi connectivity index (χ1n) is 9.09. The molecule has 0 aliphatic heterocycles. The quantitative estimate of drug-likeness (QED) is 0.584. The molecule has 0 radical (unpaired) electrons. The van der Waals surface area contributed by atoms with E-state index in [4.69, 9.17) is 9.26 Å². The molecule has 8 nitrogen and oxygen atoms in total. The molecule has 0 aliphatic carbocycles. The van der Waals surface area contributed by atoms with Gasteiger partial charge >= 0.3 is 5.97 Å². The molecule has 0 unspecified atom stereocenters. The van der Waals surface area contributed by atoms with Crippen LogP contribution in [0.2, 0.25) is 0 Å². The van der Waals surface area contributed by atoms with Crippen LogP contribution in [0.1, 0.15) is 24.3 Å². The molecule has 0 spiro atoms. The summed E-state index contributed by atoms with van der Waals surface area (Å²) < 4.78 is 25.9. The number of nitrogens with one attached hydrogen (secondary N) is 1. The third-order valence-corrected chi connectivity index (χ3v) is 3.98. The highest BCUT2D eigenvalue weighted by Crippen LogP contribution is 2.23. The van der Waals surface area contributed by atoms with Gasteiger partial charge in [0.15, 0.2) is 11.5 Å². The number of aromatic nitrogens is 3. The lowest BCUT2D eigenvalue weighted by molar-refractivity contribution is -0.147. The number of benzene rings is 1. The number of imidazole rings is 1. The third-order valence-electron chi connectivity index (χ3n) is 3.98. The molecule has 29 heavy (non-hydrogen) atoms. The zero-order valence-electron chi connectivity index (χ0n) is 16.0. The van der Waals surface area contributed by atoms with Crippen LogP contribution in [0.3, 0.4) is 0 Å². The van der Waals surface area contributed by atoms with Gasteiger partial charge in [-0.1, -0.05) is 31.1 Å². The molecule has 9 heteroatoms. The van der Waals surface area contributed by atoms with Gasteiger partial charge in [0, 0.05) is 18.5 Å². The van der Waals surface area contributed by atoms with Gasteiger partial charge in [-0.05, 0) is 18.1 Å². The van der Waals surface area contributed by atoms with E-state index in [9.17, 15) is 14.0 Å². The molecule has 1 atom stereocenters. The van der Waals surface area contributed by atoms with E-state index < -0.39 is 23.7 Å². The number of esters is 1. The van der Waals surface area contributed by atoms with E-state index in [1.807, 2.05) is 13.8 Å². The molecule has 152 valence electrons. The minimum absolute atomic E-state index is 0.0736. The van der Waals surface area contributed by atoms with Crippen LogP contribution >= 0.6 is 0 Å². The van der Waals surface area contributed by atoms with Crippen molar-refractivity contribution in [2.24, 2.45) is 5.92 Å². The van der Waals surface area contributed by atoms with E-state index >= 15 is 0 Å². The predicted octanol–water partition coefficient (Wildman–Crippen LogP) is 2.68. The molecule has 0 aliphatic rings. The monoisotopic (exact) mass is 400 g/mol. The van der Waals surface area contributed by atoms with Crippen molar-refractivity contribution in [3.05, 3.63) is 60.6 Å². The Hall–Kier alpha value is -3.49. The molecule has 3 aromatic rings. The van der Waals surface area contributed by atoms with Crippen molar-refractivity contribution >= 4 is 11.9 Å². The lowest BCUT2D eigenvalue weighted by atomic mass is 10.1. The number of carbonyl (C=O) groups excluding carboxylic acids is 2. The second-order valence-electron chi connectivity index (χ2n) is 6.87. The fraction of sp³-hybridized carbons (Fsp3) is 0.300. The van der Waals surface area contributed by atoms with E-state index in [1.54, 1.807) is 29.1 Å². The highest BCUT2D eigenvalue weighted by Gasteiger charge is 2.25. The van der Waals surface area contributed by atoms with Gasteiger partial charge in [-0.25, -0.2) is 14.2 Å². The van der Waals surface area contributed by atoms with Crippen molar-refractivity contribution < 1.29 is 23.2 Å². The molecule has 1 amide bonds. The van der Waals surface area contributed by atoms with Crippen LogP contribution in [0.25, 0.3) is 11.3 Å².